The highest BCUT2D eigenvalue weighted by Crippen LogP contribution is 2.12. The van der Waals surface area contributed by atoms with Crippen molar-refractivity contribution in [3.8, 4) is 0 Å². The molecule has 0 N–H and O–H groups in total. The lowest BCUT2D eigenvalue weighted by molar-refractivity contribution is 0.102. The summed E-state index contributed by atoms with van der Waals surface area (Å²) in [6.45, 7) is 4.89. The summed E-state index contributed by atoms with van der Waals surface area (Å²) in [5, 5.41) is 0. The maximum atomic E-state index is 5.23. The summed E-state index contributed by atoms with van der Waals surface area (Å²) in [6.07, 6.45) is 2.27. The lowest BCUT2D eigenvalue weighted by Gasteiger charge is -1.95. The largest absolute Gasteiger partial charge is 0.482 e. The van der Waals surface area contributed by atoms with E-state index in [1.165, 1.54) is 6.40 Å². The Hall–Kier alpha value is -0.650. The lowest BCUT2D eigenvalue weighted by atomic mass is 10.5. The van der Waals surface area contributed by atoms with Crippen LogP contribution in [0.15, 0.2) is 4.99 Å². The van der Waals surface area contributed by atoms with Gasteiger partial charge in [0.15, 0.2) is 6.40 Å². The van der Waals surface area contributed by atoms with Crippen LogP contribution in [0.2, 0.25) is 0 Å². The van der Waals surface area contributed by atoms with Gasteiger partial charge in [-0.2, -0.15) is 0 Å². The van der Waals surface area contributed by atoms with E-state index in [1.54, 1.807) is 0 Å². The molecule has 3 aliphatic rings. The number of ether oxygens (including phenoxy) is 4. The summed E-state index contributed by atoms with van der Waals surface area (Å²) in [6, 6.07) is 0. The summed E-state index contributed by atoms with van der Waals surface area (Å²) >= 11 is 0. The monoisotopic (exact) mass is 201 g/mol. The second-order valence-electron chi connectivity index (χ2n) is 3.33. The summed E-state index contributed by atoms with van der Waals surface area (Å²) in [5.74, 6) is 0. The van der Waals surface area contributed by atoms with Gasteiger partial charge < -0.3 is 18.9 Å². The standard InChI is InChI=1S/C6H10O3.C3H5NO/c1(5-3-8-5)7-2-6-4-9-6;1-2-5-3-4-1/h5-6H,1-4H2;3H,1-2H2. The SMILES string of the molecule is C(OCC1CO1)C1CO1.C1=NCCO1. The van der Waals surface area contributed by atoms with Gasteiger partial charge in [0, 0.05) is 0 Å². The number of hydrogen-bond acceptors (Lipinski definition) is 5. The summed E-state index contributed by atoms with van der Waals surface area (Å²) in [4.78, 5) is 3.74. The van der Waals surface area contributed by atoms with Crippen LogP contribution in [0.1, 0.15) is 0 Å². The molecule has 3 rings (SSSR count). The van der Waals surface area contributed by atoms with Crippen molar-refractivity contribution in [2.24, 2.45) is 4.99 Å². The topological polar surface area (TPSA) is 55.9 Å². The second kappa shape index (κ2) is 5.29. The summed E-state index contributed by atoms with van der Waals surface area (Å²) in [7, 11) is 0. The molecule has 0 aromatic rings. The molecule has 0 bridgehead atoms. The average Bonchev–Trinajstić information content (AvgIpc) is 3.12. The predicted molar refractivity (Wildman–Crippen MR) is 49.6 cm³/mol. The van der Waals surface area contributed by atoms with E-state index in [0.717, 1.165) is 39.6 Å². The molecule has 3 aliphatic heterocycles. The minimum Gasteiger partial charge on any atom is -0.482 e. The first-order chi connectivity index (χ1) is 6.95. The van der Waals surface area contributed by atoms with Crippen molar-refractivity contribution in [1.82, 2.24) is 0 Å². The van der Waals surface area contributed by atoms with E-state index in [9.17, 15) is 0 Å². The Kier molecular flexibility index (Phi) is 3.73. The normalized spacial score (nSPS) is 31.7. The van der Waals surface area contributed by atoms with Gasteiger partial charge in [-0.25, -0.2) is 0 Å². The van der Waals surface area contributed by atoms with E-state index in [-0.39, 0.29) is 0 Å². The van der Waals surface area contributed by atoms with E-state index in [0.29, 0.717) is 12.2 Å². The van der Waals surface area contributed by atoms with Gasteiger partial charge >= 0.3 is 0 Å². The first-order valence-electron chi connectivity index (χ1n) is 4.86. The Morgan fingerprint density at radius 2 is 1.86 bits per heavy atom. The highest BCUT2D eigenvalue weighted by Gasteiger charge is 2.26. The Balaban J connectivity index is 0.000000128. The molecule has 2 atom stereocenters. The Labute approximate surface area is 83.0 Å². The fourth-order valence-corrected chi connectivity index (χ4v) is 0.923. The van der Waals surface area contributed by atoms with Crippen molar-refractivity contribution in [1.29, 1.82) is 0 Å². The minimum absolute atomic E-state index is 0.392. The van der Waals surface area contributed by atoms with Crippen LogP contribution >= 0.6 is 0 Å². The van der Waals surface area contributed by atoms with Crippen molar-refractivity contribution >= 4 is 6.40 Å². The van der Waals surface area contributed by atoms with Gasteiger partial charge in [-0.3, -0.25) is 4.99 Å². The molecule has 0 aromatic heterocycles. The quantitative estimate of drug-likeness (QED) is 0.593. The first-order valence-corrected chi connectivity index (χ1v) is 4.86. The van der Waals surface area contributed by atoms with Crippen LogP contribution < -0.4 is 0 Å². The fourth-order valence-electron chi connectivity index (χ4n) is 0.923. The van der Waals surface area contributed by atoms with Crippen LogP contribution in [0.25, 0.3) is 0 Å². The van der Waals surface area contributed by atoms with Crippen LogP contribution in [-0.4, -0.2) is 58.2 Å². The molecule has 0 aromatic carbocycles. The molecular weight excluding hydrogens is 186 g/mol. The highest BCUT2D eigenvalue weighted by molar-refractivity contribution is 5.47. The molecule has 0 amide bonds. The van der Waals surface area contributed by atoms with E-state index >= 15 is 0 Å². The molecule has 3 heterocycles. The Bertz CT molecular complexity index is 171. The van der Waals surface area contributed by atoms with Crippen LogP contribution in [0.5, 0.6) is 0 Å². The van der Waals surface area contributed by atoms with Crippen LogP contribution in [0.3, 0.4) is 0 Å². The summed E-state index contributed by atoms with van der Waals surface area (Å²) < 4.78 is 19.8. The number of aliphatic imine (C=N–C) groups is 1. The molecule has 2 unspecified atom stereocenters. The van der Waals surface area contributed by atoms with Gasteiger partial charge in [0.25, 0.3) is 0 Å². The zero-order chi connectivity index (χ0) is 9.64. The molecule has 0 spiro atoms. The van der Waals surface area contributed by atoms with Crippen molar-refractivity contribution < 1.29 is 18.9 Å². The Morgan fingerprint density at radius 3 is 2.14 bits per heavy atom. The van der Waals surface area contributed by atoms with Gasteiger partial charge in [0.05, 0.1) is 33.0 Å². The van der Waals surface area contributed by atoms with Gasteiger partial charge in [0.2, 0.25) is 0 Å². The summed E-state index contributed by atoms with van der Waals surface area (Å²) in [5.41, 5.74) is 0. The lowest BCUT2D eigenvalue weighted by Crippen LogP contribution is -2.06. The fraction of sp³-hybridized carbons (Fsp3) is 0.889. The molecule has 5 nitrogen and oxygen atoms in total. The van der Waals surface area contributed by atoms with Crippen molar-refractivity contribution in [3.05, 3.63) is 0 Å². The van der Waals surface area contributed by atoms with Crippen molar-refractivity contribution in [3.63, 3.8) is 0 Å². The van der Waals surface area contributed by atoms with Crippen LogP contribution in [0, 0.1) is 0 Å². The van der Waals surface area contributed by atoms with E-state index in [2.05, 4.69) is 9.73 Å². The zero-order valence-electron chi connectivity index (χ0n) is 8.05. The number of hydrogen-bond donors (Lipinski definition) is 0. The second-order valence-corrected chi connectivity index (χ2v) is 3.33. The van der Waals surface area contributed by atoms with E-state index < -0.39 is 0 Å². The van der Waals surface area contributed by atoms with Gasteiger partial charge in [-0.15, -0.1) is 0 Å². The average molecular weight is 201 g/mol. The Morgan fingerprint density at radius 1 is 1.21 bits per heavy atom. The smallest absolute Gasteiger partial charge is 0.169 e. The molecule has 0 saturated carbocycles. The van der Waals surface area contributed by atoms with E-state index in [1.807, 2.05) is 0 Å². The number of epoxide rings is 2. The molecule has 2 fully saturated rings. The van der Waals surface area contributed by atoms with Gasteiger partial charge in [-0.05, 0) is 0 Å². The highest BCUT2D eigenvalue weighted by atomic mass is 16.6. The molecule has 0 aliphatic carbocycles. The predicted octanol–water partition coefficient (Wildman–Crippen LogP) is -0.155. The van der Waals surface area contributed by atoms with Gasteiger partial charge in [0.1, 0.15) is 18.8 Å². The van der Waals surface area contributed by atoms with Gasteiger partial charge in [-0.1, -0.05) is 0 Å². The zero-order valence-corrected chi connectivity index (χ0v) is 8.05. The first kappa shape index (κ1) is 9.89. The molecule has 80 valence electrons. The molecule has 2 saturated heterocycles. The number of rotatable bonds is 4. The van der Waals surface area contributed by atoms with Crippen molar-refractivity contribution in [2.45, 2.75) is 12.2 Å². The minimum atomic E-state index is 0.392. The third kappa shape index (κ3) is 4.55. The molecule has 14 heavy (non-hydrogen) atoms. The molecule has 0 radical (unpaired) electrons. The third-order valence-electron chi connectivity index (χ3n) is 1.90. The van der Waals surface area contributed by atoms with Crippen LogP contribution in [-0.2, 0) is 18.9 Å². The maximum Gasteiger partial charge on any atom is 0.169 e. The maximum absolute atomic E-state index is 5.23. The van der Waals surface area contributed by atoms with Crippen LogP contribution in [0.4, 0.5) is 0 Å². The third-order valence-corrected chi connectivity index (χ3v) is 1.90. The van der Waals surface area contributed by atoms with E-state index in [4.69, 9.17) is 14.2 Å². The molecule has 5 heteroatoms. The molecular formula is C9H15NO4. The van der Waals surface area contributed by atoms with Crippen molar-refractivity contribution in [2.75, 3.05) is 39.6 Å². The number of nitrogens with zero attached hydrogens (tertiary/aromatic N) is 1.